The summed E-state index contributed by atoms with van der Waals surface area (Å²) in [6.07, 6.45) is 0. The molecule has 2 rings (SSSR count). The van der Waals surface area contributed by atoms with Crippen molar-refractivity contribution in [1.29, 1.82) is 0 Å². The Hall–Kier alpha value is 0.311. The Bertz CT molecular complexity index is 581. The van der Waals surface area contributed by atoms with Crippen molar-refractivity contribution in [2.24, 2.45) is 10.8 Å². The van der Waals surface area contributed by atoms with E-state index < -0.39 is 36.7 Å². The van der Waals surface area contributed by atoms with E-state index in [2.05, 4.69) is 69.2 Å². The van der Waals surface area contributed by atoms with Crippen LogP contribution in [0.15, 0.2) is 35.9 Å². The molecule has 0 saturated heterocycles. The maximum absolute atomic E-state index is 2.44. The molecule has 0 heterocycles. The SMILES string of the molecule is CC1=C(C)C(C)(C)[C]([Nd][C]2=C(C)C(C)=C(C)C2(C)C)=C1C.[H-]. The van der Waals surface area contributed by atoms with Gasteiger partial charge in [-0.3, -0.25) is 0 Å². The summed E-state index contributed by atoms with van der Waals surface area (Å²) < 4.78 is 3.64. The maximum Gasteiger partial charge on any atom is -1.00 e. The Morgan fingerprint density at radius 3 is 1.05 bits per heavy atom. The van der Waals surface area contributed by atoms with Crippen LogP contribution in [0.25, 0.3) is 0 Å². The first-order valence-electron chi connectivity index (χ1n) is 8.00. The molecule has 21 heavy (non-hydrogen) atoms. The predicted molar refractivity (Wildman–Crippen MR) is 90.8 cm³/mol. The third-order valence-electron chi connectivity index (χ3n) is 6.38. The van der Waals surface area contributed by atoms with Gasteiger partial charge in [-0.25, -0.2) is 0 Å². The molecule has 116 valence electrons. The number of rotatable bonds is 2. The van der Waals surface area contributed by atoms with Crippen LogP contribution in [0.5, 0.6) is 0 Å². The van der Waals surface area contributed by atoms with Gasteiger partial charge in [-0.15, -0.1) is 0 Å². The molecule has 0 fully saturated rings. The normalized spacial score (nSPS) is 24.7. The van der Waals surface area contributed by atoms with Gasteiger partial charge in [-0.1, -0.05) is 0 Å². The molecule has 0 radical (unpaired) electrons. The molecule has 0 nitrogen and oxygen atoms in total. The van der Waals surface area contributed by atoms with Gasteiger partial charge in [0, 0.05) is 0 Å². The Balaban J connectivity index is 0.00000242. The van der Waals surface area contributed by atoms with Gasteiger partial charge < -0.3 is 1.43 Å². The van der Waals surface area contributed by atoms with Crippen LogP contribution in [0.2, 0.25) is 0 Å². The van der Waals surface area contributed by atoms with Gasteiger partial charge >= 0.3 is 153 Å². The molecule has 0 N–H and O–H groups in total. The van der Waals surface area contributed by atoms with Gasteiger partial charge in [0.05, 0.1) is 0 Å². The molecule has 0 unspecified atom stereocenters. The topological polar surface area (TPSA) is 0 Å². The number of hydrogen-bond donors (Lipinski definition) is 0. The Morgan fingerprint density at radius 2 is 0.857 bits per heavy atom. The van der Waals surface area contributed by atoms with Crippen LogP contribution in [-0.4, -0.2) is 0 Å². The molecular formula is C20H31Nd-. The Kier molecular flexibility index (Phi) is 4.58. The summed E-state index contributed by atoms with van der Waals surface area (Å²) in [5, 5.41) is 0. The van der Waals surface area contributed by atoms with Gasteiger partial charge in [-0.2, -0.15) is 0 Å². The van der Waals surface area contributed by atoms with Crippen molar-refractivity contribution in [1.82, 2.24) is 0 Å². The smallest absolute Gasteiger partial charge is 1.00 e. The van der Waals surface area contributed by atoms with Crippen LogP contribution in [0.4, 0.5) is 0 Å². The zero-order chi connectivity index (χ0) is 16.3. The number of hydrogen-bond acceptors (Lipinski definition) is 0. The summed E-state index contributed by atoms with van der Waals surface area (Å²) in [5.74, 6) is 0. The van der Waals surface area contributed by atoms with E-state index in [0.717, 1.165) is 0 Å². The maximum atomic E-state index is 2.44. The summed E-state index contributed by atoms with van der Waals surface area (Å²) in [7, 11) is 0. The second-order valence-electron chi connectivity index (χ2n) is 7.88. The molecule has 0 aromatic rings. The van der Waals surface area contributed by atoms with Gasteiger partial charge in [-0.05, 0) is 0 Å². The van der Waals surface area contributed by atoms with Crippen LogP contribution in [-0.2, 0) is 0 Å². The molecule has 0 bridgehead atoms. The first kappa shape index (κ1) is 17.7. The zero-order valence-corrected chi connectivity index (χ0v) is 18.7. The van der Waals surface area contributed by atoms with E-state index in [1.807, 2.05) is 2.45 Å². The molecule has 0 saturated carbocycles. The van der Waals surface area contributed by atoms with E-state index >= 15 is 0 Å². The number of allylic oxidation sites excluding steroid dienone is 8. The molecule has 0 spiro atoms. The van der Waals surface area contributed by atoms with Crippen molar-refractivity contribution in [3.8, 4) is 0 Å². The summed E-state index contributed by atoms with van der Waals surface area (Å²) in [4.78, 5) is 0. The Labute approximate surface area is 153 Å². The van der Waals surface area contributed by atoms with E-state index in [-0.39, 0.29) is 1.43 Å². The van der Waals surface area contributed by atoms with Gasteiger partial charge in [0.1, 0.15) is 0 Å². The fraction of sp³-hybridized carbons (Fsp3) is 0.600. The largest absolute Gasteiger partial charge is 1.00 e. The van der Waals surface area contributed by atoms with Crippen LogP contribution in [0, 0.1) is 47.5 Å². The van der Waals surface area contributed by atoms with Crippen molar-refractivity contribution in [3.05, 3.63) is 35.9 Å². The molecular weight excluding hydrogens is 384 g/mol. The van der Waals surface area contributed by atoms with Gasteiger partial charge in [0.15, 0.2) is 0 Å². The molecule has 0 aromatic carbocycles. The summed E-state index contributed by atoms with van der Waals surface area (Å²) in [6.45, 7) is 23.8. The van der Waals surface area contributed by atoms with Crippen LogP contribution in [0.1, 0.15) is 70.7 Å². The van der Waals surface area contributed by atoms with E-state index in [1.54, 1.807) is 33.4 Å². The first-order chi connectivity index (χ1) is 9.44. The van der Waals surface area contributed by atoms with E-state index in [9.17, 15) is 0 Å². The van der Waals surface area contributed by atoms with Crippen molar-refractivity contribution >= 4 is 0 Å². The second kappa shape index (κ2) is 5.44. The average Bonchev–Trinajstić information content (AvgIpc) is 2.63. The van der Waals surface area contributed by atoms with E-state index in [1.165, 1.54) is 0 Å². The quantitative estimate of drug-likeness (QED) is 0.484. The summed E-state index contributed by atoms with van der Waals surface area (Å²) >= 11 is -0.997. The standard InChI is InChI=1S/2C10H15.Nd.H/c2*1-7-6-10(4,5)9(3)8(7)2;;/h2*1-5H3;;/q;;;-1. The fourth-order valence-electron chi connectivity index (χ4n) is 3.81. The minimum Gasteiger partial charge on any atom is -1.00 e. The van der Waals surface area contributed by atoms with E-state index in [4.69, 9.17) is 0 Å². The van der Waals surface area contributed by atoms with Crippen molar-refractivity contribution in [2.45, 2.75) is 69.2 Å². The van der Waals surface area contributed by atoms with Crippen molar-refractivity contribution in [2.75, 3.05) is 0 Å². The molecule has 0 atom stereocenters. The average molecular weight is 416 g/mol. The van der Waals surface area contributed by atoms with Crippen LogP contribution in [0.3, 0.4) is 0 Å². The predicted octanol–water partition coefficient (Wildman–Crippen LogP) is 6.48. The molecule has 0 aromatic heterocycles. The molecule has 2 aliphatic carbocycles. The summed E-state index contributed by atoms with van der Waals surface area (Å²) in [6, 6.07) is 0. The third kappa shape index (κ3) is 2.49. The van der Waals surface area contributed by atoms with Crippen LogP contribution >= 0.6 is 0 Å². The van der Waals surface area contributed by atoms with Crippen molar-refractivity contribution < 1.29 is 38.1 Å². The van der Waals surface area contributed by atoms with Gasteiger partial charge in [0.2, 0.25) is 0 Å². The molecule has 1 heteroatoms. The zero-order valence-electron chi connectivity index (χ0n) is 16.5. The summed E-state index contributed by atoms with van der Waals surface area (Å²) in [5.41, 5.74) is 10.1. The van der Waals surface area contributed by atoms with Crippen LogP contribution < -0.4 is 0 Å². The minimum absolute atomic E-state index is 0. The first-order valence-corrected chi connectivity index (χ1v) is 11.2. The Morgan fingerprint density at radius 1 is 0.571 bits per heavy atom. The van der Waals surface area contributed by atoms with Gasteiger partial charge in [0.25, 0.3) is 0 Å². The second-order valence-corrected chi connectivity index (χ2v) is 11.9. The van der Waals surface area contributed by atoms with E-state index in [0.29, 0.717) is 10.8 Å². The molecule has 0 aliphatic heterocycles. The minimum atomic E-state index is -0.997. The fourth-order valence-corrected chi connectivity index (χ4v) is 10.2. The molecule has 0 amide bonds. The third-order valence-corrected chi connectivity index (χ3v) is 14.4. The monoisotopic (exact) mass is 413 g/mol. The molecule has 2 aliphatic rings. The van der Waals surface area contributed by atoms with Crippen molar-refractivity contribution in [3.63, 3.8) is 0 Å².